The summed E-state index contributed by atoms with van der Waals surface area (Å²) in [4.78, 5) is 0. The van der Waals surface area contributed by atoms with E-state index < -0.39 is 0 Å². The summed E-state index contributed by atoms with van der Waals surface area (Å²) in [7, 11) is 0. The molecule has 4 nitrogen and oxygen atoms in total. The third kappa shape index (κ3) is 5.60. The lowest BCUT2D eigenvalue weighted by molar-refractivity contribution is -0.642. The average Bonchev–Trinajstić information content (AvgIpc) is 3.28. The molecular weight excluding hydrogens is 469 g/mol. The lowest BCUT2D eigenvalue weighted by Gasteiger charge is -2.06. The molecule has 0 radical (unpaired) electrons. The van der Waals surface area contributed by atoms with Crippen LogP contribution in [0.5, 0.6) is 5.75 Å². The van der Waals surface area contributed by atoms with Crippen molar-refractivity contribution in [1.82, 2.24) is 5.10 Å². The van der Waals surface area contributed by atoms with Gasteiger partial charge in [0.2, 0.25) is 5.69 Å². The van der Waals surface area contributed by atoms with Crippen molar-refractivity contribution < 1.29 is 26.2 Å². The van der Waals surface area contributed by atoms with Gasteiger partial charge in [0, 0.05) is 22.9 Å². The van der Waals surface area contributed by atoms with Gasteiger partial charge in [0.05, 0.1) is 5.56 Å². The summed E-state index contributed by atoms with van der Waals surface area (Å²) in [5.74, 6) is 0.516. The summed E-state index contributed by atoms with van der Waals surface area (Å²) in [5.41, 5.74) is 3.85. The van der Waals surface area contributed by atoms with Crippen LogP contribution in [0.1, 0.15) is 5.56 Å². The number of nitrogens with zero attached hydrogens (tertiary/aromatic N) is 2. The van der Waals surface area contributed by atoms with Crippen LogP contribution in [0.3, 0.4) is 0 Å². The van der Waals surface area contributed by atoms with Gasteiger partial charge >= 0.3 is 5.01 Å². The molecule has 0 unspecified atom stereocenters. The maximum atomic E-state index is 13.5. The van der Waals surface area contributed by atoms with Crippen LogP contribution >= 0.6 is 11.3 Å². The van der Waals surface area contributed by atoms with Gasteiger partial charge in [0.25, 0.3) is 5.13 Å². The first kappa shape index (κ1) is 23.4. The zero-order valence-electron chi connectivity index (χ0n) is 18.1. The fourth-order valence-corrected chi connectivity index (χ4v) is 4.32. The monoisotopic (exact) mass is 489 g/mol. The van der Waals surface area contributed by atoms with Gasteiger partial charge in [-0.05, 0) is 70.1 Å². The highest BCUT2D eigenvalue weighted by Crippen LogP contribution is 2.30. The molecule has 5 rings (SSSR count). The van der Waals surface area contributed by atoms with Crippen molar-refractivity contribution in [1.29, 1.82) is 0 Å². The lowest BCUT2D eigenvalue weighted by atomic mass is 10.2. The Morgan fingerprint density at radius 1 is 0.794 bits per heavy atom. The fraction of sp³-hybridized carbons (Fsp3) is 0.0370. The number of halogens is 2. The first-order valence-electron chi connectivity index (χ1n) is 10.5. The van der Waals surface area contributed by atoms with E-state index in [1.165, 1.54) is 23.5 Å². The van der Waals surface area contributed by atoms with E-state index in [1.54, 1.807) is 12.1 Å². The van der Waals surface area contributed by atoms with E-state index in [-0.39, 0.29) is 18.2 Å². The first-order chi connectivity index (χ1) is 16.2. The van der Waals surface area contributed by atoms with Crippen LogP contribution in [0.25, 0.3) is 16.3 Å². The molecule has 1 heterocycles. The highest BCUT2D eigenvalue weighted by Gasteiger charge is 2.24. The number of anilines is 2. The summed E-state index contributed by atoms with van der Waals surface area (Å²) in [5, 5.41) is 9.77. The first-order valence-corrected chi connectivity index (χ1v) is 11.3. The zero-order valence-corrected chi connectivity index (χ0v) is 19.6. The molecule has 170 valence electrons. The van der Waals surface area contributed by atoms with Crippen molar-refractivity contribution in [2.45, 2.75) is 6.61 Å². The van der Waals surface area contributed by atoms with Crippen LogP contribution in [0.15, 0.2) is 109 Å². The molecule has 0 bridgehead atoms. The molecule has 0 amide bonds. The number of hydrogen-bond donors (Lipinski definition) is 1. The fourth-order valence-electron chi connectivity index (χ4n) is 3.36. The topological polar surface area (TPSA) is 38.0 Å². The van der Waals surface area contributed by atoms with Crippen LogP contribution in [-0.2, 0) is 6.61 Å². The third-order valence-electron chi connectivity index (χ3n) is 5.02. The number of aromatic nitrogens is 2. The summed E-state index contributed by atoms with van der Waals surface area (Å²) in [6, 6.07) is 34.2. The van der Waals surface area contributed by atoms with Crippen molar-refractivity contribution in [3.63, 3.8) is 0 Å². The summed E-state index contributed by atoms with van der Waals surface area (Å²) < 4.78 is 21.3. The maximum absolute atomic E-state index is 13.5. The Morgan fingerprint density at radius 2 is 1.44 bits per heavy atom. The van der Waals surface area contributed by atoms with Gasteiger partial charge < -0.3 is 22.5 Å². The van der Waals surface area contributed by atoms with E-state index in [0.29, 0.717) is 6.61 Å². The number of ether oxygens (including phenoxy) is 1. The van der Waals surface area contributed by atoms with E-state index >= 15 is 0 Å². The highest BCUT2D eigenvalue weighted by atomic mass is 35.5. The molecule has 1 N–H and O–H groups in total. The van der Waals surface area contributed by atoms with Crippen molar-refractivity contribution in [3.8, 4) is 22.0 Å². The van der Waals surface area contributed by atoms with E-state index in [4.69, 9.17) is 9.84 Å². The molecule has 0 aliphatic rings. The Balaban J connectivity index is 0.00000274. The zero-order chi connectivity index (χ0) is 22.5. The Labute approximate surface area is 207 Å². The Hall–Kier alpha value is -3.74. The predicted molar refractivity (Wildman–Crippen MR) is 130 cm³/mol. The number of nitrogens with one attached hydrogen (secondary N) is 1. The molecule has 0 aliphatic heterocycles. The highest BCUT2D eigenvalue weighted by molar-refractivity contribution is 7.18. The van der Waals surface area contributed by atoms with Gasteiger partial charge in [0.15, 0.2) is 0 Å². The van der Waals surface area contributed by atoms with Crippen LogP contribution in [-0.4, -0.2) is 5.10 Å². The van der Waals surface area contributed by atoms with Crippen LogP contribution < -0.4 is 27.1 Å². The second kappa shape index (κ2) is 10.9. The van der Waals surface area contributed by atoms with Gasteiger partial charge in [-0.15, -0.1) is 0 Å². The van der Waals surface area contributed by atoms with E-state index in [9.17, 15) is 4.39 Å². The Kier molecular flexibility index (Phi) is 7.52. The summed E-state index contributed by atoms with van der Waals surface area (Å²) >= 11 is 1.53. The minimum atomic E-state index is -0.279. The second-order valence-corrected chi connectivity index (χ2v) is 8.37. The number of rotatable bonds is 7. The van der Waals surface area contributed by atoms with E-state index in [1.807, 2.05) is 89.6 Å². The normalized spacial score (nSPS) is 10.4. The van der Waals surface area contributed by atoms with Gasteiger partial charge in [-0.1, -0.05) is 48.5 Å². The minimum Gasteiger partial charge on any atom is -1.00 e. The molecule has 0 aliphatic carbocycles. The molecule has 0 saturated carbocycles. The second-order valence-electron chi connectivity index (χ2n) is 7.39. The molecule has 7 heteroatoms. The molecule has 4 aromatic carbocycles. The predicted octanol–water partition coefficient (Wildman–Crippen LogP) is 3.55. The lowest BCUT2D eigenvalue weighted by Crippen LogP contribution is -3.00. The van der Waals surface area contributed by atoms with Crippen LogP contribution in [0.4, 0.5) is 15.2 Å². The van der Waals surface area contributed by atoms with Crippen LogP contribution in [0.2, 0.25) is 0 Å². The Morgan fingerprint density at radius 3 is 2.12 bits per heavy atom. The maximum Gasteiger partial charge on any atom is 0.304 e. The minimum absolute atomic E-state index is 0. The molecule has 5 aromatic rings. The average molecular weight is 490 g/mol. The van der Waals surface area contributed by atoms with Crippen molar-refractivity contribution >= 4 is 22.2 Å². The molecule has 0 saturated heterocycles. The number of para-hydroxylation sites is 1. The molecule has 34 heavy (non-hydrogen) atoms. The third-order valence-corrected chi connectivity index (χ3v) is 6.00. The van der Waals surface area contributed by atoms with Gasteiger partial charge in [-0.25, -0.2) is 4.39 Å². The quantitative estimate of drug-likeness (QED) is 0.355. The van der Waals surface area contributed by atoms with Gasteiger partial charge in [-0.3, -0.25) is 0 Å². The number of hydrogen-bond acceptors (Lipinski definition) is 4. The van der Waals surface area contributed by atoms with Gasteiger partial charge in [0.1, 0.15) is 18.2 Å². The summed E-state index contributed by atoms with van der Waals surface area (Å²) in [6.45, 7) is 0.515. The molecule has 0 spiro atoms. The van der Waals surface area contributed by atoms with Crippen molar-refractivity contribution in [2.24, 2.45) is 0 Å². The smallest absolute Gasteiger partial charge is 0.304 e. The summed E-state index contributed by atoms with van der Waals surface area (Å²) in [6.07, 6.45) is 0. The number of benzene rings is 4. The van der Waals surface area contributed by atoms with Crippen molar-refractivity contribution in [2.75, 3.05) is 5.32 Å². The molecule has 0 fully saturated rings. The molecular formula is C27H21ClFN3OS. The van der Waals surface area contributed by atoms with Crippen LogP contribution in [0, 0.1) is 5.82 Å². The van der Waals surface area contributed by atoms with Crippen molar-refractivity contribution in [3.05, 3.63) is 121 Å². The largest absolute Gasteiger partial charge is 1.00 e. The van der Waals surface area contributed by atoms with E-state index in [2.05, 4.69) is 5.32 Å². The Bertz CT molecular complexity index is 1330. The molecule has 0 atom stereocenters. The standard InChI is InChI=1S/C27H21FN3OS.ClH/c28-22-13-15-24(16-14-22)31-26(33-27(30-31)29-23-9-5-2-6-10-23)21-11-17-25(18-12-21)32-19-20-7-3-1-4-8-20;/h1-18H,19H2,(H,29,30);1H/q+1;/p-1. The molecule has 1 aromatic heterocycles. The van der Waals surface area contributed by atoms with Gasteiger partial charge in [-0.2, -0.15) is 0 Å². The SMILES string of the molecule is Fc1ccc(-[n+]2nc(Nc3ccccc3)sc2-c2ccc(OCc3ccccc3)cc2)cc1.[Cl-]. The van der Waals surface area contributed by atoms with E-state index in [0.717, 1.165) is 38.4 Å².